The van der Waals surface area contributed by atoms with Crippen LogP contribution in [0.25, 0.3) is 0 Å². The molecule has 0 aliphatic carbocycles. The van der Waals surface area contributed by atoms with Crippen LogP contribution in [0.3, 0.4) is 0 Å². The van der Waals surface area contributed by atoms with E-state index in [1.54, 1.807) is 12.1 Å². The molecule has 116 valence electrons. The van der Waals surface area contributed by atoms with Crippen LogP contribution in [-0.2, 0) is 4.79 Å². The van der Waals surface area contributed by atoms with Gasteiger partial charge < -0.3 is 10.1 Å². The van der Waals surface area contributed by atoms with E-state index in [4.69, 9.17) is 16.3 Å². The van der Waals surface area contributed by atoms with Crippen molar-refractivity contribution in [3.05, 3.63) is 58.6 Å². The van der Waals surface area contributed by atoms with Gasteiger partial charge in [-0.15, -0.1) is 0 Å². The van der Waals surface area contributed by atoms with Crippen molar-refractivity contribution in [2.24, 2.45) is 0 Å². The Hall–Kier alpha value is -2.00. The van der Waals surface area contributed by atoms with Gasteiger partial charge in [-0.1, -0.05) is 42.8 Å². The van der Waals surface area contributed by atoms with Crippen LogP contribution in [-0.4, -0.2) is 12.0 Å². The van der Waals surface area contributed by atoms with Gasteiger partial charge in [0, 0.05) is 10.7 Å². The monoisotopic (exact) mass is 317 g/mol. The normalized spacial score (nSPS) is 11.8. The topological polar surface area (TPSA) is 38.3 Å². The van der Waals surface area contributed by atoms with E-state index in [1.165, 1.54) is 0 Å². The number of halogens is 1. The van der Waals surface area contributed by atoms with Crippen LogP contribution in [0, 0.1) is 13.8 Å². The van der Waals surface area contributed by atoms with Crippen molar-refractivity contribution < 1.29 is 9.53 Å². The molecule has 0 bridgehead atoms. The summed E-state index contributed by atoms with van der Waals surface area (Å²) in [7, 11) is 0. The molecule has 4 heteroatoms. The van der Waals surface area contributed by atoms with Gasteiger partial charge in [0.1, 0.15) is 5.75 Å². The Morgan fingerprint density at radius 2 is 1.91 bits per heavy atom. The van der Waals surface area contributed by atoms with Gasteiger partial charge in [-0.2, -0.15) is 0 Å². The zero-order valence-electron chi connectivity index (χ0n) is 13.0. The Morgan fingerprint density at radius 1 is 1.18 bits per heavy atom. The number of para-hydroxylation sites is 1. The minimum atomic E-state index is -0.542. The third kappa shape index (κ3) is 4.01. The molecule has 1 amide bonds. The lowest BCUT2D eigenvalue weighted by Crippen LogP contribution is -2.32. The second kappa shape index (κ2) is 7.32. The van der Waals surface area contributed by atoms with Gasteiger partial charge in [-0.25, -0.2) is 0 Å². The number of rotatable bonds is 5. The minimum Gasteiger partial charge on any atom is -0.480 e. The first-order valence-corrected chi connectivity index (χ1v) is 7.68. The second-order valence-electron chi connectivity index (χ2n) is 5.23. The van der Waals surface area contributed by atoms with Crippen molar-refractivity contribution in [2.75, 3.05) is 5.32 Å². The van der Waals surface area contributed by atoms with Gasteiger partial charge >= 0.3 is 0 Å². The first kappa shape index (κ1) is 16.4. The van der Waals surface area contributed by atoms with Crippen molar-refractivity contribution in [3.8, 4) is 5.75 Å². The van der Waals surface area contributed by atoms with Crippen molar-refractivity contribution >= 4 is 23.2 Å². The van der Waals surface area contributed by atoms with E-state index in [0.29, 0.717) is 17.1 Å². The van der Waals surface area contributed by atoms with E-state index < -0.39 is 6.10 Å². The quantitative estimate of drug-likeness (QED) is 0.864. The van der Waals surface area contributed by atoms with Gasteiger partial charge in [0.05, 0.1) is 0 Å². The first-order valence-electron chi connectivity index (χ1n) is 7.30. The molecular formula is C18H20ClNO2. The Bertz CT molecular complexity index is 670. The minimum absolute atomic E-state index is 0.170. The molecule has 2 aromatic carbocycles. The Balaban J connectivity index is 2.12. The van der Waals surface area contributed by atoms with Gasteiger partial charge in [-0.05, 0) is 49.6 Å². The largest absolute Gasteiger partial charge is 0.480 e. The predicted octanol–water partition coefficient (Wildman–Crippen LogP) is 4.75. The number of hydrogen-bond acceptors (Lipinski definition) is 2. The molecule has 1 N–H and O–H groups in total. The number of benzene rings is 2. The van der Waals surface area contributed by atoms with Crippen molar-refractivity contribution in [3.63, 3.8) is 0 Å². The lowest BCUT2D eigenvalue weighted by atomic mass is 10.1. The number of hydrogen-bond donors (Lipinski definition) is 1. The van der Waals surface area contributed by atoms with Crippen LogP contribution < -0.4 is 10.1 Å². The summed E-state index contributed by atoms with van der Waals surface area (Å²) in [6, 6.07) is 13.1. The third-order valence-corrected chi connectivity index (χ3v) is 3.72. The fourth-order valence-electron chi connectivity index (χ4n) is 2.11. The van der Waals surface area contributed by atoms with E-state index in [1.807, 2.05) is 51.1 Å². The molecule has 1 unspecified atom stereocenters. The van der Waals surface area contributed by atoms with Crippen molar-refractivity contribution in [2.45, 2.75) is 33.3 Å². The molecule has 0 aliphatic rings. The number of carbonyl (C=O) groups excluding carboxylic acids is 1. The summed E-state index contributed by atoms with van der Waals surface area (Å²) in [5, 5.41) is 3.48. The fraction of sp³-hybridized carbons (Fsp3) is 0.278. The fourth-order valence-corrected chi connectivity index (χ4v) is 2.28. The van der Waals surface area contributed by atoms with Gasteiger partial charge in [0.25, 0.3) is 5.91 Å². The lowest BCUT2D eigenvalue weighted by molar-refractivity contribution is -0.122. The Kier molecular flexibility index (Phi) is 5.45. The molecule has 0 saturated carbocycles. The molecule has 0 radical (unpaired) electrons. The van der Waals surface area contributed by atoms with E-state index in [2.05, 4.69) is 5.32 Å². The van der Waals surface area contributed by atoms with Crippen molar-refractivity contribution in [1.29, 1.82) is 0 Å². The summed E-state index contributed by atoms with van der Waals surface area (Å²) >= 11 is 5.98. The average Bonchev–Trinajstić information content (AvgIpc) is 2.50. The highest BCUT2D eigenvalue weighted by Gasteiger charge is 2.19. The van der Waals surface area contributed by atoms with Gasteiger partial charge in [0.2, 0.25) is 0 Å². The highest BCUT2D eigenvalue weighted by atomic mass is 35.5. The molecule has 2 aromatic rings. The number of anilines is 1. The number of carbonyl (C=O) groups is 1. The number of ether oxygens (including phenoxy) is 1. The summed E-state index contributed by atoms with van der Waals surface area (Å²) in [5.74, 6) is 0.559. The third-order valence-electron chi connectivity index (χ3n) is 3.48. The molecule has 1 atom stereocenters. The zero-order valence-corrected chi connectivity index (χ0v) is 13.8. The van der Waals surface area contributed by atoms with Crippen LogP contribution in [0.15, 0.2) is 42.5 Å². The maximum absolute atomic E-state index is 12.4. The number of aryl methyl sites for hydroxylation is 2. The van der Waals surface area contributed by atoms with E-state index in [0.717, 1.165) is 16.9 Å². The number of amides is 1. The zero-order chi connectivity index (χ0) is 16.1. The van der Waals surface area contributed by atoms with Crippen LogP contribution in [0.4, 0.5) is 5.69 Å². The average molecular weight is 318 g/mol. The highest BCUT2D eigenvalue weighted by Crippen LogP contribution is 2.22. The molecule has 0 heterocycles. The number of nitrogens with one attached hydrogen (secondary N) is 1. The van der Waals surface area contributed by atoms with E-state index in [9.17, 15) is 4.79 Å². The highest BCUT2D eigenvalue weighted by molar-refractivity contribution is 6.31. The van der Waals surface area contributed by atoms with Crippen LogP contribution in [0.2, 0.25) is 5.02 Å². The molecule has 0 aliphatic heterocycles. The molecule has 22 heavy (non-hydrogen) atoms. The lowest BCUT2D eigenvalue weighted by Gasteiger charge is -2.19. The van der Waals surface area contributed by atoms with Crippen molar-refractivity contribution in [1.82, 2.24) is 0 Å². The molecule has 0 spiro atoms. The van der Waals surface area contributed by atoms with Gasteiger partial charge in [0.15, 0.2) is 6.10 Å². The summed E-state index contributed by atoms with van der Waals surface area (Å²) in [6.07, 6.45) is 0.0410. The molecule has 0 saturated heterocycles. The smallest absolute Gasteiger partial charge is 0.265 e. The van der Waals surface area contributed by atoms with Crippen LogP contribution in [0.5, 0.6) is 5.75 Å². The SMILES string of the molecule is CCC(Oc1ccccc1C)C(=O)Nc1cc(Cl)ccc1C. The summed E-state index contributed by atoms with van der Waals surface area (Å²) in [4.78, 5) is 12.4. The first-order chi connectivity index (χ1) is 10.5. The van der Waals surface area contributed by atoms with Crippen LogP contribution >= 0.6 is 11.6 Å². The van der Waals surface area contributed by atoms with E-state index >= 15 is 0 Å². The molecule has 3 nitrogen and oxygen atoms in total. The van der Waals surface area contributed by atoms with Crippen LogP contribution in [0.1, 0.15) is 24.5 Å². The van der Waals surface area contributed by atoms with Gasteiger partial charge in [-0.3, -0.25) is 4.79 Å². The maximum atomic E-state index is 12.4. The predicted molar refractivity (Wildman–Crippen MR) is 90.7 cm³/mol. The molecule has 2 rings (SSSR count). The summed E-state index contributed by atoms with van der Waals surface area (Å²) < 4.78 is 5.85. The summed E-state index contributed by atoms with van der Waals surface area (Å²) in [6.45, 7) is 5.81. The second-order valence-corrected chi connectivity index (χ2v) is 5.67. The maximum Gasteiger partial charge on any atom is 0.265 e. The van der Waals surface area contributed by atoms with E-state index in [-0.39, 0.29) is 5.91 Å². The Morgan fingerprint density at radius 3 is 2.59 bits per heavy atom. The Labute approximate surface area is 136 Å². The molecule has 0 fully saturated rings. The molecule has 0 aromatic heterocycles. The standard InChI is InChI=1S/C18H20ClNO2/c1-4-16(22-17-8-6-5-7-13(17)3)18(21)20-15-11-14(19)10-9-12(15)2/h5-11,16H,4H2,1-3H3,(H,20,21). The summed E-state index contributed by atoms with van der Waals surface area (Å²) in [5.41, 5.74) is 2.68. The molecular weight excluding hydrogens is 298 g/mol.